The van der Waals surface area contributed by atoms with Gasteiger partial charge in [0.25, 0.3) is 0 Å². The number of carbonyl (C=O) groups excluding carboxylic acids is 1. The van der Waals surface area contributed by atoms with Gasteiger partial charge in [0.05, 0.1) is 4.92 Å². The van der Waals surface area contributed by atoms with Crippen LogP contribution < -0.4 is 0 Å². The molecule has 0 spiro atoms. The molecule has 2 aromatic rings. The third-order valence-corrected chi connectivity index (χ3v) is 2.94. The molecule has 96 valence electrons. The molecule has 2 rings (SSSR count). The van der Waals surface area contributed by atoms with E-state index in [-0.39, 0.29) is 16.3 Å². The highest BCUT2D eigenvalue weighted by molar-refractivity contribution is 6.32. The van der Waals surface area contributed by atoms with Crippen LogP contribution in [-0.4, -0.2) is 15.7 Å². The maximum atomic E-state index is 12.2. The molecule has 1 heterocycles. The van der Waals surface area contributed by atoms with Gasteiger partial charge in [0.2, 0.25) is 5.15 Å². The fourth-order valence-corrected chi connectivity index (χ4v) is 1.90. The van der Waals surface area contributed by atoms with Crippen LogP contribution in [0.5, 0.6) is 0 Å². The number of rotatable bonds is 3. The molecule has 0 fully saturated rings. The van der Waals surface area contributed by atoms with Gasteiger partial charge in [-0.3, -0.25) is 14.9 Å². The molecule has 5 nitrogen and oxygen atoms in total. The molecule has 0 bridgehead atoms. The molecule has 0 N–H and O–H groups in total. The maximum Gasteiger partial charge on any atom is 0.317 e. The summed E-state index contributed by atoms with van der Waals surface area (Å²) in [7, 11) is 0. The van der Waals surface area contributed by atoms with Crippen LogP contribution in [0.25, 0.3) is 0 Å². The van der Waals surface area contributed by atoms with Crippen molar-refractivity contribution in [1.82, 2.24) is 4.98 Å². The van der Waals surface area contributed by atoms with Crippen molar-refractivity contribution in [2.75, 3.05) is 0 Å². The second-order valence-corrected chi connectivity index (χ2v) is 4.39. The SMILES string of the molecule is O=C(c1ccc(Cl)cc1)c1ccnc(Cl)c1[N+](=O)[O-]. The number of nitrogens with zero attached hydrogens (tertiary/aromatic N) is 2. The second-order valence-electron chi connectivity index (χ2n) is 3.59. The molecule has 7 heteroatoms. The van der Waals surface area contributed by atoms with Crippen LogP contribution in [-0.2, 0) is 0 Å². The molecule has 0 radical (unpaired) electrons. The fraction of sp³-hybridized carbons (Fsp3) is 0. The lowest BCUT2D eigenvalue weighted by atomic mass is 10.0. The minimum absolute atomic E-state index is 0.104. The lowest BCUT2D eigenvalue weighted by Crippen LogP contribution is -2.06. The van der Waals surface area contributed by atoms with Gasteiger partial charge in [-0.05, 0) is 30.3 Å². The molecule has 0 aliphatic carbocycles. The molecule has 0 saturated carbocycles. The van der Waals surface area contributed by atoms with E-state index in [1.54, 1.807) is 0 Å². The highest BCUT2D eigenvalue weighted by Crippen LogP contribution is 2.28. The van der Waals surface area contributed by atoms with Gasteiger partial charge in [-0.2, -0.15) is 0 Å². The van der Waals surface area contributed by atoms with Gasteiger partial charge in [0.15, 0.2) is 5.78 Å². The predicted molar refractivity (Wildman–Crippen MR) is 70.8 cm³/mol. The number of hydrogen-bond donors (Lipinski definition) is 0. The van der Waals surface area contributed by atoms with E-state index in [0.717, 1.165) is 0 Å². The molecule has 0 unspecified atom stereocenters. The molecule has 0 saturated heterocycles. The summed E-state index contributed by atoms with van der Waals surface area (Å²) < 4.78 is 0. The monoisotopic (exact) mass is 296 g/mol. The highest BCUT2D eigenvalue weighted by Gasteiger charge is 2.25. The van der Waals surface area contributed by atoms with E-state index in [4.69, 9.17) is 23.2 Å². The van der Waals surface area contributed by atoms with Gasteiger partial charge < -0.3 is 0 Å². The van der Waals surface area contributed by atoms with Crippen LogP contribution in [0.4, 0.5) is 5.69 Å². The average molecular weight is 297 g/mol. The topological polar surface area (TPSA) is 73.1 Å². The van der Waals surface area contributed by atoms with Crippen molar-refractivity contribution >= 4 is 34.7 Å². The quantitative estimate of drug-likeness (QED) is 0.376. The summed E-state index contributed by atoms with van der Waals surface area (Å²) >= 11 is 11.4. The van der Waals surface area contributed by atoms with Gasteiger partial charge in [-0.1, -0.05) is 23.2 Å². The number of pyridine rings is 1. The number of halogens is 2. The first-order valence-electron chi connectivity index (χ1n) is 5.10. The molecule has 0 aliphatic heterocycles. The van der Waals surface area contributed by atoms with Crippen molar-refractivity contribution in [3.63, 3.8) is 0 Å². The van der Waals surface area contributed by atoms with Crippen molar-refractivity contribution < 1.29 is 9.72 Å². The van der Waals surface area contributed by atoms with Crippen LogP contribution in [0, 0.1) is 10.1 Å². The van der Waals surface area contributed by atoms with Gasteiger partial charge in [0, 0.05) is 16.8 Å². The van der Waals surface area contributed by atoms with E-state index in [1.165, 1.54) is 36.5 Å². The third-order valence-electron chi connectivity index (χ3n) is 2.41. The molecule has 19 heavy (non-hydrogen) atoms. The Kier molecular flexibility index (Phi) is 3.78. The predicted octanol–water partition coefficient (Wildman–Crippen LogP) is 3.53. The summed E-state index contributed by atoms with van der Waals surface area (Å²) in [5.74, 6) is -0.507. The van der Waals surface area contributed by atoms with E-state index in [0.29, 0.717) is 5.02 Å². The lowest BCUT2D eigenvalue weighted by molar-refractivity contribution is -0.385. The summed E-state index contributed by atoms with van der Waals surface area (Å²) in [5, 5.41) is 11.1. The normalized spacial score (nSPS) is 10.2. The van der Waals surface area contributed by atoms with Gasteiger partial charge in [-0.15, -0.1) is 0 Å². The number of benzene rings is 1. The van der Waals surface area contributed by atoms with Crippen LogP contribution in [0.2, 0.25) is 10.2 Å². The summed E-state index contributed by atoms with van der Waals surface area (Å²) in [6.45, 7) is 0. The zero-order valence-electron chi connectivity index (χ0n) is 9.34. The van der Waals surface area contributed by atoms with Gasteiger partial charge in [-0.25, -0.2) is 4.98 Å². The minimum atomic E-state index is -0.724. The summed E-state index contributed by atoms with van der Waals surface area (Å²) in [6, 6.07) is 7.30. The van der Waals surface area contributed by atoms with Crippen molar-refractivity contribution in [3.8, 4) is 0 Å². The second kappa shape index (κ2) is 5.34. The van der Waals surface area contributed by atoms with Crippen molar-refractivity contribution in [2.45, 2.75) is 0 Å². The fourth-order valence-electron chi connectivity index (χ4n) is 1.54. The number of carbonyl (C=O) groups is 1. The lowest BCUT2D eigenvalue weighted by Gasteiger charge is -2.03. The Morgan fingerprint density at radius 1 is 1.16 bits per heavy atom. The Hall–Kier alpha value is -1.98. The Balaban J connectivity index is 2.53. The number of aromatic nitrogens is 1. The molecule has 1 aromatic heterocycles. The van der Waals surface area contributed by atoms with Crippen LogP contribution in [0.15, 0.2) is 36.5 Å². The minimum Gasteiger partial charge on any atom is -0.288 e. The Morgan fingerprint density at radius 2 is 1.79 bits per heavy atom. The molecular weight excluding hydrogens is 291 g/mol. The Morgan fingerprint density at radius 3 is 2.37 bits per heavy atom. The standard InChI is InChI=1S/C12H6Cl2N2O3/c13-8-3-1-7(2-4-8)11(17)9-5-6-15-12(14)10(9)16(18)19/h1-6H. The molecule has 0 amide bonds. The van der Waals surface area contributed by atoms with E-state index in [9.17, 15) is 14.9 Å². The first kappa shape index (κ1) is 13.5. The first-order chi connectivity index (χ1) is 9.00. The Labute approximate surface area is 117 Å². The molecule has 0 atom stereocenters. The average Bonchev–Trinajstić information content (AvgIpc) is 2.38. The van der Waals surface area contributed by atoms with Crippen LogP contribution >= 0.6 is 23.2 Å². The van der Waals surface area contributed by atoms with Gasteiger partial charge >= 0.3 is 5.69 Å². The number of hydrogen-bond acceptors (Lipinski definition) is 4. The molecular formula is C12H6Cl2N2O3. The smallest absolute Gasteiger partial charge is 0.288 e. The highest BCUT2D eigenvalue weighted by atomic mass is 35.5. The summed E-state index contributed by atoms with van der Waals surface area (Å²) in [6.07, 6.45) is 1.25. The van der Waals surface area contributed by atoms with Crippen LogP contribution in [0.3, 0.4) is 0 Å². The first-order valence-corrected chi connectivity index (χ1v) is 5.85. The summed E-state index contributed by atoms with van der Waals surface area (Å²) in [4.78, 5) is 26.0. The zero-order valence-corrected chi connectivity index (χ0v) is 10.9. The van der Waals surface area contributed by atoms with E-state index in [2.05, 4.69) is 4.98 Å². The molecule has 0 aliphatic rings. The van der Waals surface area contributed by atoms with Crippen molar-refractivity contribution in [3.05, 3.63) is 67.9 Å². The van der Waals surface area contributed by atoms with Crippen molar-refractivity contribution in [1.29, 1.82) is 0 Å². The zero-order chi connectivity index (χ0) is 14.0. The van der Waals surface area contributed by atoms with E-state index < -0.39 is 16.4 Å². The number of nitro groups is 1. The van der Waals surface area contributed by atoms with Gasteiger partial charge in [0.1, 0.15) is 5.56 Å². The van der Waals surface area contributed by atoms with E-state index >= 15 is 0 Å². The number of ketones is 1. The summed E-state index contributed by atoms with van der Waals surface area (Å²) in [5.41, 5.74) is -0.314. The maximum absolute atomic E-state index is 12.2. The largest absolute Gasteiger partial charge is 0.317 e. The van der Waals surface area contributed by atoms with Crippen LogP contribution in [0.1, 0.15) is 15.9 Å². The Bertz CT molecular complexity index is 657. The molecule has 1 aromatic carbocycles. The third kappa shape index (κ3) is 2.72. The van der Waals surface area contributed by atoms with E-state index in [1.807, 2.05) is 0 Å². The van der Waals surface area contributed by atoms with Crippen molar-refractivity contribution in [2.24, 2.45) is 0 Å².